The van der Waals surface area contributed by atoms with Crippen LogP contribution in [0.3, 0.4) is 0 Å². The number of hydrogen-bond acceptors (Lipinski definition) is 5. The first-order chi connectivity index (χ1) is 17.4. The molecule has 2 aromatic heterocycles. The molecule has 1 aliphatic carbocycles. The van der Waals surface area contributed by atoms with Gasteiger partial charge in [0.2, 0.25) is 0 Å². The first-order valence-electron chi connectivity index (χ1n) is 11.9. The van der Waals surface area contributed by atoms with Gasteiger partial charge in [-0.25, -0.2) is 4.39 Å². The van der Waals surface area contributed by atoms with Crippen molar-refractivity contribution < 1.29 is 13.9 Å². The minimum atomic E-state index is -1.31. The summed E-state index contributed by atoms with van der Waals surface area (Å²) in [5, 5.41) is 7.01. The lowest BCUT2D eigenvalue weighted by atomic mass is 9.97. The minimum absolute atomic E-state index is 0.0531. The summed E-state index contributed by atoms with van der Waals surface area (Å²) in [4.78, 5) is 24.6. The van der Waals surface area contributed by atoms with Crippen molar-refractivity contribution in [3.8, 4) is 0 Å². The van der Waals surface area contributed by atoms with E-state index in [0.717, 1.165) is 17.5 Å². The fourth-order valence-corrected chi connectivity index (χ4v) is 3.94. The third-order valence-corrected chi connectivity index (χ3v) is 5.89. The molecule has 0 spiro atoms. The van der Waals surface area contributed by atoms with Crippen LogP contribution in [0.4, 0.5) is 10.2 Å². The van der Waals surface area contributed by atoms with Gasteiger partial charge >= 0.3 is 0 Å². The summed E-state index contributed by atoms with van der Waals surface area (Å²) in [6, 6.07) is 12.9. The van der Waals surface area contributed by atoms with Crippen LogP contribution in [0.25, 0.3) is 0 Å². The Balaban J connectivity index is 1.33. The van der Waals surface area contributed by atoms with Crippen LogP contribution < -0.4 is 16.6 Å². The van der Waals surface area contributed by atoms with Gasteiger partial charge in [0, 0.05) is 30.9 Å². The largest absolute Gasteiger partial charge is 0.495 e. The highest BCUT2D eigenvalue weighted by atomic mass is 19.1. The van der Waals surface area contributed by atoms with Gasteiger partial charge in [-0.2, -0.15) is 5.10 Å². The molecule has 1 aliphatic rings. The number of ether oxygens (including phenoxy) is 1. The van der Waals surface area contributed by atoms with Crippen molar-refractivity contribution in [3.63, 3.8) is 0 Å². The molecule has 0 saturated carbocycles. The summed E-state index contributed by atoms with van der Waals surface area (Å²) < 4.78 is 23.4. The van der Waals surface area contributed by atoms with Gasteiger partial charge in [-0.15, -0.1) is 0 Å². The first kappa shape index (κ1) is 25.0. The second-order valence-electron chi connectivity index (χ2n) is 8.69. The number of carbonyl (C=O) groups excluding carboxylic acids is 1. The molecule has 0 saturated heterocycles. The van der Waals surface area contributed by atoms with Crippen LogP contribution in [0.5, 0.6) is 0 Å². The number of nitrogen functional groups attached to an aromatic ring is 1. The molecule has 4 rings (SSSR count). The molecule has 3 N–H and O–H groups in total. The smallest absolute Gasteiger partial charge is 0.256 e. The number of nitrogens with two attached hydrogens (primary N) is 1. The maximum atomic E-state index is 14.7. The average molecular weight is 492 g/mol. The van der Waals surface area contributed by atoms with Crippen molar-refractivity contribution in [2.45, 2.75) is 32.6 Å². The van der Waals surface area contributed by atoms with Crippen molar-refractivity contribution in [2.75, 3.05) is 18.9 Å². The normalized spacial score (nSPS) is 17.0. The highest BCUT2D eigenvalue weighted by Crippen LogP contribution is 2.24. The van der Waals surface area contributed by atoms with E-state index in [1.54, 1.807) is 45.9 Å². The predicted molar refractivity (Wildman–Crippen MR) is 136 cm³/mol. The van der Waals surface area contributed by atoms with Crippen molar-refractivity contribution in [1.29, 1.82) is 0 Å². The maximum absolute atomic E-state index is 14.7. The number of alkyl halides is 1. The van der Waals surface area contributed by atoms with Gasteiger partial charge in [0.1, 0.15) is 11.3 Å². The van der Waals surface area contributed by atoms with E-state index < -0.39 is 18.0 Å². The summed E-state index contributed by atoms with van der Waals surface area (Å²) in [6.45, 7) is 3.42. The number of pyridine rings is 1. The summed E-state index contributed by atoms with van der Waals surface area (Å²) in [7, 11) is 0. The van der Waals surface area contributed by atoms with Gasteiger partial charge in [0.05, 0.1) is 19.7 Å². The lowest BCUT2D eigenvalue weighted by Gasteiger charge is -2.23. The predicted octanol–water partition coefficient (Wildman–Crippen LogP) is 3.29. The fourth-order valence-electron chi connectivity index (χ4n) is 3.94. The number of halogens is 1. The van der Waals surface area contributed by atoms with E-state index in [1.165, 1.54) is 6.07 Å². The Hall–Kier alpha value is -4.14. The van der Waals surface area contributed by atoms with Crippen molar-refractivity contribution in [2.24, 2.45) is 5.92 Å². The number of anilines is 1. The van der Waals surface area contributed by atoms with Gasteiger partial charge in [-0.3, -0.25) is 14.3 Å². The number of carbonyl (C=O) groups is 1. The van der Waals surface area contributed by atoms with E-state index >= 15 is 0 Å². The molecule has 9 heteroatoms. The first-order valence-corrected chi connectivity index (χ1v) is 11.9. The molecule has 0 aliphatic heterocycles. The topological polar surface area (TPSA) is 104 Å². The molecule has 36 heavy (non-hydrogen) atoms. The average Bonchev–Trinajstić information content (AvgIpc) is 3.25. The molecule has 0 bridgehead atoms. The highest BCUT2D eigenvalue weighted by molar-refractivity contribution is 5.98. The van der Waals surface area contributed by atoms with E-state index in [-0.39, 0.29) is 29.2 Å². The Labute approximate surface area is 208 Å². The molecular weight excluding hydrogens is 461 g/mol. The van der Waals surface area contributed by atoms with Gasteiger partial charge in [-0.1, -0.05) is 49.4 Å². The maximum Gasteiger partial charge on any atom is 0.256 e. The Bertz CT molecular complexity index is 1310. The van der Waals surface area contributed by atoms with Crippen LogP contribution in [0.1, 0.15) is 34.8 Å². The molecule has 0 radical (unpaired) electrons. The van der Waals surface area contributed by atoms with Crippen LogP contribution >= 0.6 is 0 Å². The van der Waals surface area contributed by atoms with Gasteiger partial charge in [-0.05, 0) is 29.7 Å². The van der Waals surface area contributed by atoms with Crippen molar-refractivity contribution in [1.82, 2.24) is 19.7 Å². The summed E-state index contributed by atoms with van der Waals surface area (Å²) in [5.74, 6) is -0.538. The summed E-state index contributed by atoms with van der Waals surface area (Å²) in [5.41, 5.74) is 8.14. The number of benzene rings is 1. The van der Waals surface area contributed by atoms with Crippen molar-refractivity contribution in [3.05, 3.63) is 106 Å². The monoisotopic (exact) mass is 491 g/mol. The second kappa shape index (κ2) is 11.5. The van der Waals surface area contributed by atoms with Gasteiger partial charge in [0.25, 0.3) is 11.5 Å². The van der Waals surface area contributed by atoms with E-state index in [9.17, 15) is 14.0 Å². The number of nitrogens with zero attached hydrogens (tertiary/aromatic N) is 3. The lowest BCUT2D eigenvalue weighted by Crippen LogP contribution is -2.34. The SMILES string of the molecule is CCCOC1=CC=CC(CNC(=O)c2cn(Cc3ccc(Cn4ccccc4=O)cc3)nc2N)C1F. The molecule has 188 valence electrons. The second-order valence-corrected chi connectivity index (χ2v) is 8.69. The zero-order chi connectivity index (χ0) is 25.5. The van der Waals surface area contributed by atoms with E-state index in [1.807, 2.05) is 37.3 Å². The standard InChI is InChI=1S/C27H30FN5O3/c1-2-14-36-23-7-5-6-21(25(23)28)15-30-27(35)22-18-33(31-26(22)29)17-20-11-9-19(10-12-20)16-32-13-4-3-8-24(32)34/h3-13,18,21,25H,2,14-17H2,1H3,(H2,29,31)(H,30,35). The van der Waals surface area contributed by atoms with Crippen LogP contribution in [0.2, 0.25) is 0 Å². The Morgan fingerprint density at radius 1 is 1.17 bits per heavy atom. The molecule has 2 heterocycles. The fraction of sp³-hybridized carbons (Fsp3) is 0.296. The zero-order valence-corrected chi connectivity index (χ0v) is 20.1. The lowest BCUT2D eigenvalue weighted by molar-refractivity contribution is 0.0932. The van der Waals surface area contributed by atoms with Crippen LogP contribution in [-0.4, -0.2) is 39.6 Å². The van der Waals surface area contributed by atoms with Crippen LogP contribution in [0, 0.1) is 5.92 Å². The minimum Gasteiger partial charge on any atom is -0.495 e. The van der Waals surface area contributed by atoms with E-state index in [4.69, 9.17) is 10.5 Å². The number of amides is 1. The van der Waals surface area contributed by atoms with Crippen molar-refractivity contribution >= 4 is 11.7 Å². The molecule has 2 atom stereocenters. The Morgan fingerprint density at radius 3 is 2.64 bits per heavy atom. The Kier molecular flexibility index (Phi) is 7.99. The van der Waals surface area contributed by atoms with Crippen LogP contribution in [0.15, 0.2) is 83.6 Å². The summed E-state index contributed by atoms with van der Waals surface area (Å²) >= 11 is 0. The Morgan fingerprint density at radius 2 is 1.92 bits per heavy atom. The molecule has 1 aromatic carbocycles. The number of allylic oxidation sites excluding steroid dienone is 3. The third-order valence-electron chi connectivity index (χ3n) is 5.89. The molecule has 2 unspecified atom stereocenters. The zero-order valence-electron chi connectivity index (χ0n) is 20.1. The van der Waals surface area contributed by atoms with Gasteiger partial charge < -0.3 is 20.4 Å². The molecular formula is C27H30FN5O3. The van der Waals surface area contributed by atoms with E-state index in [0.29, 0.717) is 19.7 Å². The molecule has 1 amide bonds. The highest BCUT2D eigenvalue weighted by Gasteiger charge is 2.27. The van der Waals surface area contributed by atoms with Gasteiger partial charge in [0.15, 0.2) is 12.0 Å². The third kappa shape index (κ3) is 6.10. The number of hydrogen-bond donors (Lipinski definition) is 2. The number of rotatable bonds is 10. The molecule has 0 fully saturated rings. The number of aromatic nitrogens is 3. The molecule has 3 aromatic rings. The van der Waals surface area contributed by atoms with E-state index in [2.05, 4.69) is 10.4 Å². The molecule has 8 nitrogen and oxygen atoms in total. The number of nitrogens with one attached hydrogen (secondary N) is 1. The van der Waals surface area contributed by atoms with Crippen LogP contribution in [-0.2, 0) is 17.8 Å². The summed E-state index contributed by atoms with van der Waals surface area (Å²) in [6.07, 6.45) is 7.89. The quantitative estimate of drug-likeness (QED) is 0.453.